The van der Waals surface area contributed by atoms with Crippen LogP contribution >= 0.6 is 0 Å². The first-order chi connectivity index (χ1) is 16.8. The molecule has 4 aliphatic carbocycles. The summed E-state index contributed by atoms with van der Waals surface area (Å²) >= 11 is 0. The summed E-state index contributed by atoms with van der Waals surface area (Å²) in [6.07, 6.45) is 23.6. The Kier molecular flexibility index (Phi) is 6.61. The molecule has 4 fully saturated rings. The lowest BCUT2D eigenvalue weighted by molar-refractivity contribution is -0.0541. The van der Waals surface area contributed by atoms with Crippen LogP contribution in [0.2, 0.25) is 0 Å². The summed E-state index contributed by atoms with van der Waals surface area (Å²) in [6.45, 7) is 0. The Morgan fingerprint density at radius 3 is 1.50 bits per heavy atom. The number of hydrogen-bond acceptors (Lipinski definition) is 0. The fourth-order valence-corrected chi connectivity index (χ4v) is 10.2. The van der Waals surface area contributed by atoms with Crippen LogP contribution in [0, 0.1) is 23.2 Å². The van der Waals surface area contributed by atoms with Crippen LogP contribution in [0.4, 0.5) is 0 Å². The van der Waals surface area contributed by atoms with Gasteiger partial charge in [-0.05, 0) is 91.6 Å². The molecule has 6 rings (SSSR count). The summed E-state index contributed by atoms with van der Waals surface area (Å²) in [5, 5.41) is 0. The van der Waals surface area contributed by atoms with E-state index in [2.05, 4.69) is 60.7 Å². The molecular weight excluding hydrogens is 408 g/mol. The van der Waals surface area contributed by atoms with Crippen LogP contribution in [-0.2, 0) is 5.41 Å². The Morgan fingerprint density at radius 1 is 0.471 bits per heavy atom. The highest BCUT2D eigenvalue weighted by atomic mass is 14.7. The lowest BCUT2D eigenvalue weighted by Gasteiger charge is -2.59. The van der Waals surface area contributed by atoms with Gasteiger partial charge in [-0.2, -0.15) is 0 Å². The van der Waals surface area contributed by atoms with Crippen molar-refractivity contribution in [3.05, 3.63) is 71.8 Å². The van der Waals surface area contributed by atoms with Crippen LogP contribution in [-0.4, -0.2) is 0 Å². The average molecular weight is 455 g/mol. The standard InChI is InChI=1S/C34H46/c1-5-15-27(16-6-1)28-25-33(29-17-7-2-8-18-29,30-19-9-3-10-20-30)34(26-28,32-23-13-14-24-32)31-21-11-4-12-22-31/h1-2,5-8,15-18,28,30-32H,3-4,9-14,19-26H2. The van der Waals surface area contributed by atoms with Crippen molar-refractivity contribution >= 4 is 0 Å². The van der Waals surface area contributed by atoms with Crippen molar-refractivity contribution in [3.63, 3.8) is 0 Å². The first kappa shape index (κ1) is 22.9. The van der Waals surface area contributed by atoms with E-state index in [0.29, 0.717) is 10.8 Å². The first-order valence-corrected chi connectivity index (χ1v) is 14.9. The first-order valence-electron chi connectivity index (χ1n) is 14.9. The second kappa shape index (κ2) is 9.83. The predicted octanol–water partition coefficient (Wildman–Crippen LogP) is 9.84. The molecule has 0 saturated heterocycles. The van der Waals surface area contributed by atoms with Crippen LogP contribution in [0.1, 0.15) is 120 Å². The van der Waals surface area contributed by atoms with E-state index < -0.39 is 0 Å². The third-order valence-electron chi connectivity index (χ3n) is 11.3. The summed E-state index contributed by atoms with van der Waals surface area (Å²) in [5.41, 5.74) is 4.23. The van der Waals surface area contributed by atoms with E-state index in [4.69, 9.17) is 0 Å². The second-order valence-electron chi connectivity index (χ2n) is 12.5. The van der Waals surface area contributed by atoms with Gasteiger partial charge in [-0.3, -0.25) is 0 Å². The lowest BCUT2D eigenvalue weighted by atomic mass is 9.44. The Bertz CT molecular complexity index is 898. The number of hydrogen-bond donors (Lipinski definition) is 0. The van der Waals surface area contributed by atoms with Crippen LogP contribution in [0.5, 0.6) is 0 Å². The summed E-state index contributed by atoms with van der Waals surface area (Å²) < 4.78 is 0. The molecule has 0 nitrogen and oxygen atoms in total. The van der Waals surface area contributed by atoms with Crippen molar-refractivity contribution in [1.29, 1.82) is 0 Å². The molecule has 3 unspecified atom stereocenters. The zero-order valence-corrected chi connectivity index (χ0v) is 21.4. The summed E-state index contributed by atoms with van der Waals surface area (Å²) in [6, 6.07) is 23.9. The van der Waals surface area contributed by atoms with Gasteiger partial charge < -0.3 is 0 Å². The summed E-state index contributed by atoms with van der Waals surface area (Å²) in [4.78, 5) is 0. The van der Waals surface area contributed by atoms with Gasteiger partial charge in [0, 0.05) is 5.41 Å². The molecule has 2 aromatic carbocycles. The molecule has 2 aromatic rings. The highest BCUT2D eigenvalue weighted by Gasteiger charge is 2.66. The van der Waals surface area contributed by atoms with Crippen molar-refractivity contribution in [2.45, 2.75) is 114 Å². The van der Waals surface area contributed by atoms with Crippen molar-refractivity contribution in [3.8, 4) is 0 Å². The molecule has 0 amide bonds. The van der Waals surface area contributed by atoms with E-state index in [1.165, 1.54) is 103 Å². The molecule has 0 aromatic heterocycles. The van der Waals surface area contributed by atoms with Gasteiger partial charge in [-0.15, -0.1) is 0 Å². The van der Waals surface area contributed by atoms with Crippen molar-refractivity contribution in [1.82, 2.24) is 0 Å². The molecule has 4 aliphatic rings. The SMILES string of the molecule is c1ccc(C2CC(c3ccccc3)(C3CCCCC3)C(C3CCCCC3)(C3CCCC3)C2)cc1. The highest BCUT2D eigenvalue weighted by molar-refractivity contribution is 5.38. The Morgan fingerprint density at radius 2 is 0.941 bits per heavy atom. The Hall–Kier alpha value is -1.56. The highest BCUT2D eigenvalue weighted by Crippen LogP contribution is 2.73. The molecule has 0 radical (unpaired) electrons. The number of rotatable bonds is 5. The quantitative estimate of drug-likeness (QED) is 0.421. The molecule has 0 N–H and O–H groups in total. The normalized spacial score (nSPS) is 33.9. The molecule has 34 heavy (non-hydrogen) atoms. The number of benzene rings is 2. The van der Waals surface area contributed by atoms with Crippen molar-refractivity contribution in [2.24, 2.45) is 23.2 Å². The van der Waals surface area contributed by atoms with E-state index in [-0.39, 0.29) is 0 Å². The van der Waals surface area contributed by atoms with E-state index in [1.807, 2.05) is 0 Å². The van der Waals surface area contributed by atoms with E-state index in [1.54, 1.807) is 11.1 Å². The fourth-order valence-electron chi connectivity index (χ4n) is 10.2. The molecule has 0 spiro atoms. The van der Waals surface area contributed by atoms with Gasteiger partial charge in [-0.25, -0.2) is 0 Å². The zero-order valence-electron chi connectivity index (χ0n) is 21.4. The van der Waals surface area contributed by atoms with Crippen LogP contribution in [0.3, 0.4) is 0 Å². The third kappa shape index (κ3) is 3.70. The van der Waals surface area contributed by atoms with Gasteiger partial charge in [0.2, 0.25) is 0 Å². The maximum Gasteiger partial charge on any atom is 0.00489 e. The Labute approximate surface area is 208 Å². The molecule has 3 atom stereocenters. The second-order valence-corrected chi connectivity index (χ2v) is 12.5. The predicted molar refractivity (Wildman–Crippen MR) is 144 cm³/mol. The van der Waals surface area contributed by atoms with E-state index in [9.17, 15) is 0 Å². The molecule has 0 aliphatic heterocycles. The smallest absolute Gasteiger partial charge is 0.00489 e. The van der Waals surface area contributed by atoms with Crippen molar-refractivity contribution in [2.75, 3.05) is 0 Å². The van der Waals surface area contributed by atoms with E-state index in [0.717, 1.165) is 23.7 Å². The van der Waals surface area contributed by atoms with Gasteiger partial charge in [0.15, 0.2) is 0 Å². The van der Waals surface area contributed by atoms with E-state index >= 15 is 0 Å². The molecule has 0 bridgehead atoms. The largest absolute Gasteiger partial charge is 0.0622 e. The van der Waals surface area contributed by atoms with Crippen LogP contribution in [0.15, 0.2) is 60.7 Å². The van der Waals surface area contributed by atoms with Gasteiger partial charge >= 0.3 is 0 Å². The van der Waals surface area contributed by atoms with Crippen molar-refractivity contribution < 1.29 is 0 Å². The maximum atomic E-state index is 2.58. The van der Waals surface area contributed by atoms with Crippen LogP contribution < -0.4 is 0 Å². The minimum atomic E-state index is 0.367. The molecule has 182 valence electrons. The van der Waals surface area contributed by atoms with Gasteiger partial charge in [0.05, 0.1) is 0 Å². The molecule has 4 saturated carbocycles. The fraction of sp³-hybridized carbons (Fsp3) is 0.647. The van der Waals surface area contributed by atoms with Gasteiger partial charge in [0.25, 0.3) is 0 Å². The average Bonchev–Trinajstić information content (AvgIpc) is 3.59. The van der Waals surface area contributed by atoms with Gasteiger partial charge in [-0.1, -0.05) is 112 Å². The summed E-state index contributed by atoms with van der Waals surface area (Å²) in [7, 11) is 0. The molecule has 0 heterocycles. The topological polar surface area (TPSA) is 0 Å². The lowest BCUT2D eigenvalue weighted by Crippen LogP contribution is -2.55. The van der Waals surface area contributed by atoms with Gasteiger partial charge in [0.1, 0.15) is 0 Å². The Balaban J connectivity index is 1.58. The van der Waals surface area contributed by atoms with Crippen LogP contribution in [0.25, 0.3) is 0 Å². The third-order valence-corrected chi connectivity index (χ3v) is 11.3. The minimum Gasteiger partial charge on any atom is -0.0622 e. The molecule has 0 heteroatoms. The zero-order chi connectivity index (χ0) is 22.8. The minimum absolute atomic E-state index is 0.367. The molecular formula is C34H46. The summed E-state index contributed by atoms with van der Waals surface area (Å²) in [5.74, 6) is 3.47. The maximum absolute atomic E-state index is 2.58. The monoisotopic (exact) mass is 454 g/mol.